The maximum Gasteiger partial charge on any atom is 0.157 e. The molecule has 1 aliphatic rings. The molecule has 1 aliphatic heterocycles. The molecule has 0 aromatic carbocycles. The van der Waals surface area contributed by atoms with Crippen LogP contribution in [0.4, 0.5) is 0 Å². The molecule has 1 fully saturated rings. The van der Waals surface area contributed by atoms with Crippen LogP contribution in [0.5, 0.6) is 0 Å². The fourth-order valence-corrected chi connectivity index (χ4v) is 1.76. The quantitative estimate of drug-likeness (QED) is 0.582. The number of nitriles is 1. The predicted octanol–water partition coefficient (Wildman–Crippen LogP) is 2.63. The van der Waals surface area contributed by atoms with Crippen molar-refractivity contribution < 1.29 is 14.2 Å². The highest BCUT2D eigenvalue weighted by Gasteiger charge is 2.13. The SMILES string of the molecule is N#CCCOCCCCCOC1CCCCO1. The minimum absolute atomic E-state index is 0.0376. The standard InChI is InChI=1S/C13H23NO3/c14-8-6-10-15-9-3-1-4-11-16-13-7-2-5-12-17-13/h13H,1-7,9-12H2. The van der Waals surface area contributed by atoms with Crippen LogP contribution in [-0.2, 0) is 14.2 Å². The molecule has 1 rings (SSSR count). The van der Waals surface area contributed by atoms with Gasteiger partial charge in [-0.3, -0.25) is 0 Å². The molecule has 4 heteroatoms. The van der Waals surface area contributed by atoms with Crippen molar-refractivity contribution in [3.63, 3.8) is 0 Å². The molecule has 1 saturated heterocycles. The highest BCUT2D eigenvalue weighted by atomic mass is 16.7. The average Bonchev–Trinajstić information content (AvgIpc) is 2.38. The fourth-order valence-electron chi connectivity index (χ4n) is 1.76. The van der Waals surface area contributed by atoms with Crippen molar-refractivity contribution in [3.05, 3.63) is 0 Å². The summed E-state index contributed by atoms with van der Waals surface area (Å²) >= 11 is 0. The van der Waals surface area contributed by atoms with Gasteiger partial charge in [-0.2, -0.15) is 5.26 Å². The third-order valence-electron chi connectivity index (χ3n) is 2.73. The van der Waals surface area contributed by atoms with E-state index in [-0.39, 0.29) is 6.29 Å². The lowest BCUT2D eigenvalue weighted by Crippen LogP contribution is -2.22. The van der Waals surface area contributed by atoms with E-state index < -0.39 is 0 Å². The molecule has 1 atom stereocenters. The van der Waals surface area contributed by atoms with Gasteiger partial charge in [0, 0.05) is 19.8 Å². The van der Waals surface area contributed by atoms with Gasteiger partial charge in [0.1, 0.15) is 0 Å². The Bertz CT molecular complexity index is 209. The van der Waals surface area contributed by atoms with Gasteiger partial charge in [-0.1, -0.05) is 0 Å². The molecule has 0 radical (unpaired) electrons. The molecule has 0 spiro atoms. The Morgan fingerprint density at radius 1 is 1.12 bits per heavy atom. The van der Waals surface area contributed by atoms with E-state index in [4.69, 9.17) is 19.5 Å². The minimum atomic E-state index is 0.0376. The lowest BCUT2D eigenvalue weighted by Gasteiger charge is -2.22. The largest absolute Gasteiger partial charge is 0.380 e. The molecule has 4 nitrogen and oxygen atoms in total. The van der Waals surface area contributed by atoms with Crippen LogP contribution in [0.1, 0.15) is 44.9 Å². The molecule has 0 aliphatic carbocycles. The van der Waals surface area contributed by atoms with Crippen LogP contribution in [0.2, 0.25) is 0 Å². The molecular formula is C13H23NO3. The first-order chi connectivity index (χ1) is 8.43. The van der Waals surface area contributed by atoms with Crippen molar-refractivity contribution in [2.24, 2.45) is 0 Å². The first-order valence-corrected chi connectivity index (χ1v) is 6.61. The zero-order chi connectivity index (χ0) is 12.2. The molecule has 0 aromatic rings. The lowest BCUT2D eigenvalue weighted by atomic mass is 10.2. The van der Waals surface area contributed by atoms with E-state index in [2.05, 4.69) is 6.07 Å². The van der Waals surface area contributed by atoms with E-state index in [1.807, 2.05) is 0 Å². The topological polar surface area (TPSA) is 51.5 Å². The van der Waals surface area contributed by atoms with E-state index >= 15 is 0 Å². The second kappa shape index (κ2) is 10.5. The lowest BCUT2D eigenvalue weighted by molar-refractivity contribution is -0.162. The maximum atomic E-state index is 8.30. The van der Waals surface area contributed by atoms with E-state index in [1.165, 1.54) is 12.8 Å². The summed E-state index contributed by atoms with van der Waals surface area (Å²) in [5.74, 6) is 0. The zero-order valence-corrected chi connectivity index (χ0v) is 10.5. The molecular weight excluding hydrogens is 218 g/mol. The average molecular weight is 241 g/mol. The Hall–Kier alpha value is -0.630. The van der Waals surface area contributed by atoms with Gasteiger partial charge in [0.2, 0.25) is 0 Å². The highest BCUT2D eigenvalue weighted by Crippen LogP contribution is 2.14. The van der Waals surface area contributed by atoms with Crippen molar-refractivity contribution in [1.82, 2.24) is 0 Å². The third-order valence-corrected chi connectivity index (χ3v) is 2.73. The first kappa shape index (κ1) is 14.4. The van der Waals surface area contributed by atoms with Gasteiger partial charge in [-0.15, -0.1) is 0 Å². The van der Waals surface area contributed by atoms with Crippen molar-refractivity contribution in [1.29, 1.82) is 5.26 Å². The molecule has 1 unspecified atom stereocenters. The predicted molar refractivity (Wildman–Crippen MR) is 64.4 cm³/mol. The molecule has 1 heterocycles. The highest BCUT2D eigenvalue weighted by molar-refractivity contribution is 4.66. The molecule has 17 heavy (non-hydrogen) atoms. The van der Waals surface area contributed by atoms with Gasteiger partial charge in [-0.25, -0.2) is 0 Å². The Balaban J connectivity index is 1.76. The summed E-state index contributed by atoms with van der Waals surface area (Å²) in [5.41, 5.74) is 0. The second-order valence-corrected chi connectivity index (χ2v) is 4.25. The van der Waals surface area contributed by atoms with Crippen LogP contribution in [0.3, 0.4) is 0 Å². The van der Waals surface area contributed by atoms with Gasteiger partial charge in [0.05, 0.1) is 19.1 Å². The van der Waals surface area contributed by atoms with Gasteiger partial charge < -0.3 is 14.2 Å². The Kier molecular flexibility index (Phi) is 8.93. The van der Waals surface area contributed by atoms with Gasteiger partial charge in [0.15, 0.2) is 6.29 Å². The minimum Gasteiger partial charge on any atom is -0.380 e. The number of hydrogen-bond acceptors (Lipinski definition) is 4. The van der Waals surface area contributed by atoms with Crippen molar-refractivity contribution in [2.75, 3.05) is 26.4 Å². The number of hydrogen-bond donors (Lipinski definition) is 0. The summed E-state index contributed by atoms with van der Waals surface area (Å²) in [4.78, 5) is 0. The molecule has 0 N–H and O–H groups in total. The Morgan fingerprint density at radius 3 is 2.76 bits per heavy atom. The summed E-state index contributed by atoms with van der Waals surface area (Å²) < 4.78 is 16.4. The van der Waals surface area contributed by atoms with E-state index in [1.54, 1.807) is 0 Å². The molecule has 98 valence electrons. The van der Waals surface area contributed by atoms with Crippen LogP contribution < -0.4 is 0 Å². The molecule has 0 bridgehead atoms. The van der Waals surface area contributed by atoms with Crippen LogP contribution in [-0.4, -0.2) is 32.7 Å². The summed E-state index contributed by atoms with van der Waals surface area (Å²) in [6, 6.07) is 2.06. The fraction of sp³-hybridized carbons (Fsp3) is 0.923. The first-order valence-electron chi connectivity index (χ1n) is 6.61. The number of rotatable bonds is 9. The molecule has 0 amide bonds. The van der Waals surface area contributed by atoms with Crippen LogP contribution in [0.25, 0.3) is 0 Å². The van der Waals surface area contributed by atoms with Crippen molar-refractivity contribution in [2.45, 2.75) is 51.2 Å². The monoisotopic (exact) mass is 241 g/mol. The Labute approximate surface area is 104 Å². The van der Waals surface area contributed by atoms with Gasteiger partial charge in [0.25, 0.3) is 0 Å². The van der Waals surface area contributed by atoms with Crippen LogP contribution in [0, 0.1) is 11.3 Å². The van der Waals surface area contributed by atoms with Crippen molar-refractivity contribution >= 4 is 0 Å². The van der Waals surface area contributed by atoms with Crippen LogP contribution >= 0.6 is 0 Å². The van der Waals surface area contributed by atoms with E-state index in [0.29, 0.717) is 13.0 Å². The van der Waals surface area contributed by atoms with Crippen molar-refractivity contribution in [3.8, 4) is 6.07 Å². The summed E-state index contributed by atoms with van der Waals surface area (Å²) in [6.07, 6.45) is 7.16. The summed E-state index contributed by atoms with van der Waals surface area (Å²) in [7, 11) is 0. The van der Waals surface area contributed by atoms with Gasteiger partial charge in [-0.05, 0) is 38.5 Å². The summed E-state index contributed by atoms with van der Waals surface area (Å²) in [6.45, 7) is 2.94. The third kappa shape index (κ3) is 8.14. The molecule has 0 aromatic heterocycles. The Morgan fingerprint density at radius 2 is 2.00 bits per heavy atom. The van der Waals surface area contributed by atoms with E-state index in [9.17, 15) is 0 Å². The zero-order valence-electron chi connectivity index (χ0n) is 10.5. The summed E-state index contributed by atoms with van der Waals surface area (Å²) in [5, 5.41) is 8.30. The number of unbranched alkanes of at least 4 members (excludes halogenated alkanes) is 2. The maximum absolute atomic E-state index is 8.30. The number of nitrogens with zero attached hydrogens (tertiary/aromatic N) is 1. The molecule has 0 saturated carbocycles. The normalized spacial score (nSPS) is 20.1. The second-order valence-electron chi connectivity index (χ2n) is 4.25. The van der Waals surface area contributed by atoms with Gasteiger partial charge >= 0.3 is 0 Å². The smallest absolute Gasteiger partial charge is 0.157 e. The van der Waals surface area contributed by atoms with Crippen LogP contribution in [0.15, 0.2) is 0 Å². The van der Waals surface area contributed by atoms with E-state index in [0.717, 1.165) is 45.5 Å². The number of ether oxygens (including phenoxy) is 3.